The van der Waals surface area contributed by atoms with Crippen molar-refractivity contribution in [2.45, 2.75) is 6.42 Å². The van der Waals surface area contributed by atoms with Gasteiger partial charge in [-0.05, 0) is 36.2 Å². The molecule has 0 atom stereocenters. The molecule has 7 nitrogen and oxygen atoms in total. The van der Waals surface area contributed by atoms with Gasteiger partial charge in [-0.2, -0.15) is 15.0 Å². The monoisotopic (exact) mass is 382 g/mol. The average molecular weight is 382 g/mol. The third-order valence-corrected chi connectivity index (χ3v) is 3.95. The van der Waals surface area contributed by atoms with Crippen molar-refractivity contribution < 1.29 is 18.7 Å². The number of carbonyl (C=O) groups is 1. The Balaban J connectivity index is 1.78. The summed E-state index contributed by atoms with van der Waals surface area (Å²) < 4.78 is 22.9. The van der Waals surface area contributed by atoms with Crippen molar-refractivity contribution >= 4 is 11.9 Å². The van der Waals surface area contributed by atoms with Gasteiger partial charge in [0.2, 0.25) is 5.95 Å². The maximum absolute atomic E-state index is 13.0. The topological polar surface area (TPSA) is 86.2 Å². The van der Waals surface area contributed by atoms with Crippen LogP contribution in [0.1, 0.15) is 15.9 Å². The Morgan fingerprint density at radius 3 is 2.57 bits per heavy atom. The van der Waals surface area contributed by atoms with Gasteiger partial charge >= 0.3 is 12.0 Å². The Hall–Kier alpha value is -3.55. The molecule has 8 heteroatoms. The molecule has 28 heavy (non-hydrogen) atoms. The molecule has 0 unspecified atom stereocenters. The number of rotatable bonds is 7. The number of halogens is 1. The summed E-state index contributed by atoms with van der Waals surface area (Å²) in [5.41, 5.74) is 2.01. The Bertz CT molecular complexity index is 964. The largest absolute Gasteiger partial charge is 0.467 e. The minimum absolute atomic E-state index is 0.151. The Kier molecular flexibility index (Phi) is 6.11. The zero-order valence-electron chi connectivity index (χ0n) is 15.5. The molecule has 0 aliphatic rings. The minimum atomic E-state index is -0.444. The van der Waals surface area contributed by atoms with Gasteiger partial charge in [-0.25, -0.2) is 9.18 Å². The highest BCUT2D eigenvalue weighted by molar-refractivity contribution is 5.90. The normalized spacial score (nSPS) is 10.4. The number of anilines is 1. The number of methoxy groups -OCH3 is 2. The predicted molar refractivity (Wildman–Crippen MR) is 102 cm³/mol. The molecule has 3 rings (SSSR count). The zero-order chi connectivity index (χ0) is 19.9. The lowest BCUT2D eigenvalue weighted by Gasteiger charge is -2.09. The average Bonchev–Trinajstić information content (AvgIpc) is 2.74. The number of hydrogen-bond donors (Lipinski definition) is 1. The lowest BCUT2D eigenvalue weighted by Crippen LogP contribution is -2.10. The molecule has 3 aromatic rings. The molecule has 0 saturated carbocycles. The zero-order valence-corrected chi connectivity index (χ0v) is 15.5. The molecular formula is C20H19FN4O3. The van der Waals surface area contributed by atoms with Crippen LogP contribution >= 0.6 is 0 Å². The van der Waals surface area contributed by atoms with Crippen LogP contribution in [0.3, 0.4) is 0 Å². The van der Waals surface area contributed by atoms with Crippen LogP contribution in [0.4, 0.5) is 10.3 Å². The molecular weight excluding hydrogens is 363 g/mol. The van der Waals surface area contributed by atoms with E-state index in [1.165, 1.54) is 26.4 Å². The second kappa shape index (κ2) is 8.90. The first kappa shape index (κ1) is 19.2. The number of carbonyl (C=O) groups excluding carboxylic acids is 1. The molecule has 0 aliphatic carbocycles. The number of aromatic nitrogens is 3. The van der Waals surface area contributed by atoms with Crippen molar-refractivity contribution in [3.05, 3.63) is 65.5 Å². The molecule has 0 spiro atoms. The summed E-state index contributed by atoms with van der Waals surface area (Å²) in [7, 11) is 2.79. The standard InChI is InChI=1S/C20H19FN4O3/c1-27-18(26)15-5-3-4-14(12-15)17-23-19(25-20(24-17)28-2)22-11-10-13-6-8-16(21)9-7-13/h3-9,12H,10-11H2,1-2H3,(H,22,23,24,25). The van der Waals surface area contributed by atoms with E-state index in [0.717, 1.165) is 5.56 Å². The van der Waals surface area contributed by atoms with Gasteiger partial charge in [0.1, 0.15) is 5.82 Å². The number of ether oxygens (including phenoxy) is 2. The van der Waals surface area contributed by atoms with Crippen molar-refractivity contribution in [3.8, 4) is 17.4 Å². The van der Waals surface area contributed by atoms with Crippen LogP contribution in [-0.4, -0.2) is 41.7 Å². The number of nitrogens with one attached hydrogen (secondary N) is 1. The van der Waals surface area contributed by atoms with Gasteiger partial charge < -0.3 is 14.8 Å². The molecule has 0 saturated heterocycles. The molecule has 0 amide bonds. The fraction of sp³-hybridized carbons (Fsp3) is 0.200. The van der Waals surface area contributed by atoms with Gasteiger partial charge in [-0.1, -0.05) is 24.3 Å². The fourth-order valence-corrected chi connectivity index (χ4v) is 2.53. The van der Waals surface area contributed by atoms with Crippen molar-refractivity contribution in [1.82, 2.24) is 15.0 Å². The molecule has 0 bridgehead atoms. The molecule has 2 aromatic carbocycles. The van der Waals surface area contributed by atoms with Crippen molar-refractivity contribution in [1.29, 1.82) is 0 Å². The van der Waals surface area contributed by atoms with Crippen LogP contribution in [-0.2, 0) is 11.2 Å². The van der Waals surface area contributed by atoms with Crippen LogP contribution in [0.25, 0.3) is 11.4 Å². The number of esters is 1. The highest BCUT2D eigenvalue weighted by atomic mass is 19.1. The quantitative estimate of drug-likeness (QED) is 0.628. The molecule has 144 valence electrons. The predicted octanol–water partition coefficient (Wildman–Crippen LogP) is 3.13. The van der Waals surface area contributed by atoms with Gasteiger partial charge in [0.15, 0.2) is 5.82 Å². The number of hydrogen-bond acceptors (Lipinski definition) is 7. The van der Waals surface area contributed by atoms with Crippen LogP contribution in [0.15, 0.2) is 48.5 Å². The lowest BCUT2D eigenvalue weighted by molar-refractivity contribution is 0.0601. The van der Waals surface area contributed by atoms with Crippen LogP contribution < -0.4 is 10.1 Å². The highest BCUT2D eigenvalue weighted by Crippen LogP contribution is 2.20. The molecule has 1 aromatic heterocycles. The van der Waals surface area contributed by atoms with Gasteiger partial charge in [0.25, 0.3) is 0 Å². The van der Waals surface area contributed by atoms with E-state index in [9.17, 15) is 9.18 Å². The Labute approximate surface area is 161 Å². The van der Waals surface area contributed by atoms with Crippen LogP contribution in [0.2, 0.25) is 0 Å². The van der Waals surface area contributed by atoms with E-state index in [2.05, 4.69) is 20.3 Å². The van der Waals surface area contributed by atoms with Gasteiger partial charge in [-0.15, -0.1) is 0 Å². The van der Waals surface area contributed by atoms with E-state index in [0.29, 0.717) is 35.9 Å². The summed E-state index contributed by atoms with van der Waals surface area (Å²) in [5, 5.41) is 3.11. The first-order valence-corrected chi connectivity index (χ1v) is 8.56. The maximum Gasteiger partial charge on any atom is 0.337 e. The summed E-state index contributed by atoms with van der Waals surface area (Å²) in [6.45, 7) is 0.542. The van der Waals surface area contributed by atoms with E-state index < -0.39 is 5.97 Å². The summed E-state index contributed by atoms with van der Waals surface area (Å²) in [6.07, 6.45) is 0.668. The Morgan fingerprint density at radius 2 is 1.86 bits per heavy atom. The number of benzene rings is 2. The molecule has 1 N–H and O–H groups in total. The SMILES string of the molecule is COC(=O)c1cccc(-c2nc(NCCc3ccc(F)cc3)nc(OC)n2)c1. The summed E-state index contributed by atoms with van der Waals surface area (Å²) in [5.74, 6) is -0.00688. The second-order valence-corrected chi connectivity index (χ2v) is 5.84. The first-order chi connectivity index (χ1) is 13.6. The number of nitrogens with zero attached hydrogens (tertiary/aromatic N) is 3. The van der Waals surface area contributed by atoms with E-state index in [1.54, 1.807) is 36.4 Å². The van der Waals surface area contributed by atoms with Crippen LogP contribution in [0, 0.1) is 5.82 Å². The second-order valence-electron chi connectivity index (χ2n) is 5.84. The summed E-state index contributed by atoms with van der Waals surface area (Å²) >= 11 is 0. The highest BCUT2D eigenvalue weighted by Gasteiger charge is 2.12. The van der Waals surface area contributed by atoms with Gasteiger partial charge in [0.05, 0.1) is 19.8 Å². The fourth-order valence-electron chi connectivity index (χ4n) is 2.53. The van der Waals surface area contributed by atoms with Crippen molar-refractivity contribution in [3.63, 3.8) is 0 Å². The van der Waals surface area contributed by atoms with E-state index in [4.69, 9.17) is 9.47 Å². The van der Waals surface area contributed by atoms with Crippen molar-refractivity contribution in [2.24, 2.45) is 0 Å². The first-order valence-electron chi connectivity index (χ1n) is 8.56. The summed E-state index contributed by atoms with van der Waals surface area (Å²) in [4.78, 5) is 24.6. The molecule has 0 radical (unpaired) electrons. The summed E-state index contributed by atoms with van der Waals surface area (Å²) in [6, 6.07) is 13.3. The smallest absolute Gasteiger partial charge is 0.337 e. The minimum Gasteiger partial charge on any atom is -0.467 e. The molecule has 0 aliphatic heterocycles. The van der Waals surface area contributed by atoms with Gasteiger partial charge in [0, 0.05) is 12.1 Å². The van der Waals surface area contributed by atoms with Crippen LogP contribution in [0.5, 0.6) is 6.01 Å². The Morgan fingerprint density at radius 1 is 1.07 bits per heavy atom. The third-order valence-electron chi connectivity index (χ3n) is 3.95. The van der Waals surface area contributed by atoms with E-state index in [-0.39, 0.29) is 11.8 Å². The van der Waals surface area contributed by atoms with Gasteiger partial charge in [-0.3, -0.25) is 0 Å². The molecule has 1 heterocycles. The third kappa shape index (κ3) is 4.79. The van der Waals surface area contributed by atoms with E-state index >= 15 is 0 Å². The van der Waals surface area contributed by atoms with Crippen molar-refractivity contribution in [2.75, 3.05) is 26.1 Å². The lowest BCUT2D eigenvalue weighted by atomic mass is 10.1. The maximum atomic E-state index is 13.0. The molecule has 0 fully saturated rings. The van der Waals surface area contributed by atoms with E-state index in [1.807, 2.05) is 0 Å².